The molecule has 2 heterocycles. The summed E-state index contributed by atoms with van der Waals surface area (Å²) in [6, 6.07) is 8.20. The molecule has 0 unspecified atom stereocenters. The number of nitrogens with one attached hydrogen (secondary N) is 1. The minimum atomic E-state index is -0.00208. The number of rotatable bonds is 2. The summed E-state index contributed by atoms with van der Waals surface area (Å²) < 4.78 is 0. The first-order valence-corrected chi connectivity index (χ1v) is 6.30. The predicted octanol–water partition coefficient (Wildman–Crippen LogP) is 3.09. The van der Waals surface area contributed by atoms with Gasteiger partial charge in [0.2, 0.25) is 0 Å². The number of aryl methyl sites for hydroxylation is 1. The van der Waals surface area contributed by atoms with Crippen LogP contribution < -0.4 is 0 Å². The van der Waals surface area contributed by atoms with E-state index in [0.717, 1.165) is 27.5 Å². The average molecular weight is 244 g/mol. The smallest absolute Gasteiger partial charge is 0.126 e. The molecule has 0 spiro atoms. The van der Waals surface area contributed by atoms with Crippen LogP contribution in [0.15, 0.2) is 29.6 Å². The molecule has 0 bridgehead atoms. The molecule has 0 aliphatic heterocycles. The van der Waals surface area contributed by atoms with E-state index < -0.39 is 0 Å². The van der Waals surface area contributed by atoms with E-state index in [1.165, 1.54) is 5.39 Å². The zero-order valence-corrected chi connectivity index (χ0v) is 10.2. The number of fused-ring (bicyclic) bond motifs is 1. The van der Waals surface area contributed by atoms with Crippen molar-refractivity contribution in [2.75, 3.05) is 0 Å². The van der Waals surface area contributed by atoms with Gasteiger partial charge in [0.05, 0.1) is 12.3 Å². The number of thiazole rings is 1. The molecule has 0 saturated carbocycles. The Bertz CT molecular complexity index is 669. The van der Waals surface area contributed by atoms with Crippen LogP contribution in [0.4, 0.5) is 0 Å². The number of benzene rings is 1. The number of nitrogens with zero attached hydrogens (tertiary/aromatic N) is 1. The molecule has 0 aliphatic carbocycles. The molecule has 1 aromatic carbocycles. The van der Waals surface area contributed by atoms with E-state index in [1.807, 2.05) is 17.5 Å². The van der Waals surface area contributed by atoms with Gasteiger partial charge in [-0.1, -0.05) is 18.2 Å². The highest BCUT2D eigenvalue weighted by atomic mass is 32.1. The fraction of sp³-hybridized carbons (Fsp3) is 0.154. The van der Waals surface area contributed by atoms with Gasteiger partial charge in [-0.15, -0.1) is 11.3 Å². The van der Waals surface area contributed by atoms with Crippen LogP contribution in [0.1, 0.15) is 11.4 Å². The summed E-state index contributed by atoms with van der Waals surface area (Å²) >= 11 is 1.57. The molecular weight excluding hydrogens is 232 g/mol. The van der Waals surface area contributed by atoms with Gasteiger partial charge in [-0.05, 0) is 13.0 Å². The first-order chi connectivity index (χ1) is 8.29. The summed E-state index contributed by atoms with van der Waals surface area (Å²) in [6.07, 6.45) is 0. The molecule has 0 radical (unpaired) electrons. The van der Waals surface area contributed by atoms with E-state index in [4.69, 9.17) is 5.11 Å². The lowest BCUT2D eigenvalue weighted by atomic mass is 10.1. The fourth-order valence-corrected chi connectivity index (χ4v) is 2.97. The van der Waals surface area contributed by atoms with Gasteiger partial charge in [0.15, 0.2) is 0 Å². The quantitative estimate of drug-likeness (QED) is 0.727. The highest BCUT2D eigenvalue weighted by molar-refractivity contribution is 7.13. The van der Waals surface area contributed by atoms with E-state index >= 15 is 0 Å². The van der Waals surface area contributed by atoms with Crippen LogP contribution in [0, 0.1) is 6.92 Å². The highest BCUT2D eigenvalue weighted by Gasteiger charge is 2.13. The lowest BCUT2D eigenvalue weighted by Crippen LogP contribution is -1.83. The summed E-state index contributed by atoms with van der Waals surface area (Å²) in [7, 11) is 0. The van der Waals surface area contributed by atoms with Gasteiger partial charge in [0, 0.05) is 27.5 Å². The summed E-state index contributed by atoms with van der Waals surface area (Å²) in [5, 5.41) is 13.1. The molecule has 17 heavy (non-hydrogen) atoms. The van der Waals surface area contributed by atoms with Crippen molar-refractivity contribution in [1.29, 1.82) is 0 Å². The predicted molar refractivity (Wildman–Crippen MR) is 70.1 cm³/mol. The Labute approximate surface area is 103 Å². The third-order valence-electron chi connectivity index (χ3n) is 2.82. The maximum atomic E-state index is 9.07. The number of hydrogen-bond donors (Lipinski definition) is 2. The topological polar surface area (TPSA) is 48.9 Å². The van der Waals surface area contributed by atoms with Crippen LogP contribution in [-0.4, -0.2) is 15.1 Å². The van der Waals surface area contributed by atoms with E-state index in [1.54, 1.807) is 11.3 Å². The van der Waals surface area contributed by atoms with Crippen molar-refractivity contribution >= 4 is 22.2 Å². The number of aliphatic hydroxyl groups is 1. The third kappa shape index (κ3) is 1.66. The fourth-order valence-electron chi connectivity index (χ4n) is 2.05. The van der Waals surface area contributed by atoms with E-state index in [2.05, 4.69) is 29.0 Å². The van der Waals surface area contributed by atoms with Crippen molar-refractivity contribution < 1.29 is 5.11 Å². The van der Waals surface area contributed by atoms with Gasteiger partial charge < -0.3 is 10.1 Å². The summed E-state index contributed by atoms with van der Waals surface area (Å²) in [5.41, 5.74) is 4.12. The van der Waals surface area contributed by atoms with Crippen LogP contribution in [0.3, 0.4) is 0 Å². The van der Waals surface area contributed by atoms with Crippen LogP contribution >= 0.6 is 11.3 Å². The zero-order valence-electron chi connectivity index (χ0n) is 9.40. The molecule has 2 aromatic heterocycles. The first kappa shape index (κ1) is 10.5. The number of aromatic nitrogens is 2. The Morgan fingerprint density at radius 1 is 1.35 bits per heavy atom. The Kier molecular flexibility index (Phi) is 2.46. The maximum absolute atomic E-state index is 9.07. The molecule has 0 atom stereocenters. The largest absolute Gasteiger partial charge is 0.390 e. The van der Waals surface area contributed by atoms with Crippen molar-refractivity contribution in [3.63, 3.8) is 0 Å². The molecular formula is C13H12N2OS. The molecule has 3 rings (SSSR count). The van der Waals surface area contributed by atoms with Gasteiger partial charge in [-0.3, -0.25) is 0 Å². The first-order valence-electron chi connectivity index (χ1n) is 5.42. The van der Waals surface area contributed by atoms with E-state index in [9.17, 15) is 0 Å². The number of para-hydroxylation sites is 1. The van der Waals surface area contributed by atoms with Crippen molar-refractivity contribution in [3.05, 3.63) is 41.0 Å². The van der Waals surface area contributed by atoms with Crippen LogP contribution in [0.25, 0.3) is 21.5 Å². The molecule has 3 aromatic rings. The van der Waals surface area contributed by atoms with Gasteiger partial charge in [-0.25, -0.2) is 4.98 Å². The standard InChI is InChI=1S/C13H12N2OS/c1-8-12(13-15-9(6-16)7-17-13)10-4-2-3-5-11(10)14-8/h2-5,7,14,16H,6H2,1H3. The Morgan fingerprint density at radius 2 is 2.18 bits per heavy atom. The summed E-state index contributed by atoms with van der Waals surface area (Å²) in [4.78, 5) is 7.79. The summed E-state index contributed by atoms with van der Waals surface area (Å²) in [6.45, 7) is 2.05. The lowest BCUT2D eigenvalue weighted by Gasteiger charge is -1.95. The van der Waals surface area contributed by atoms with Crippen molar-refractivity contribution in [1.82, 2.24) is 9.97 Å². The Morgan fingerprint density at radius 3 is 2.94 bits per heavy atom. The number of aliphatic hydroxyl groups excluding tert-OH is 1. The molecule has 3 nitrogen and oxygen atoms in total. The van der Waals surface area contributed by atoms with Crippen molar-refractivity contribution in [3.8, 4) is 10.6 Å². The van der Waals surface area contributed by atoms with Gasteiger partial charge >= 0.3 is 0 Å². The Balaban J connectivity index is 2.25. The lowest BCUT2D eigenvalue weighted by molar-refractivity contribution is 0.278. The summed E-state index contributed by atoms with van der Waals surface area (Å²) in [5.74, 6) is 0. The maximum Gasteiger partial charge on any atom is 0.126 e. The second-order valence-electron chi connectivity index (χ2n) is 3.97. The van der Waals surface area contributed by atoms with E-state index in [-0.39, 0.29) is 6.61 Å². The normalized spacial score (nSPS) is 11.2. The molecule has 0 fully saturated rings. The zero-order chi connectivity index (χ0) is 11.8. The van der Waals surface area contributed by atoms with Gasteiger partial charge in [0.1, 0.15) is 5.01 Å². The van der Waals surface area contributed by atoms with Crippen LogP contribution in [-0.2, 0) is 6.61 Å². The second kappa shape index (κ2) is 3.98. The molecule has 4 heteroatoms. The monoisotopic (exact) mass is 244 g/mol. The molecule has 0 saturated heterocycles. The molecule has 86 valence electrons. The van der Waals surface area contributed by atoms with Gasteiger partial charge in [0.25, 0.3) is 0 Å². The highest BCUT2D eigenvalue weighted by Crippen LogP contribution is 2.33. The van der Waals surface area contributed by atoms with Crippen molar-refractivity contribution in [2.45, 2.75) is 13.5 Å². The van der Waals surface area contributed by atoms with Crippen molar-refractivity contribution in [2.24, 2.45) is 0 Å². The van der Waals surface area contributed by atoms with Crippen LogP contribution in [0.5, 0.6) is 0 Å². The number of H-pyrrole nitrogens is 1. The average Bonchev–Trinajstić information content (AvgIpc) is 2.91. The number of aromatic amines is 1. The third-order valence-corrected chi connectivity index (χ3v) is 3.73. The Hall–Kier alpha value is -1.65. The second-order valence-corrected chi connectivity index (χ2v) is 4.83. The number of hydrogen-bond acceptors (Lipinski definition) is 3. The van der Waals surface area contributed by atoms with Crippen LogP contribution in [0.2, 0.25) is 0 Å². The minimum Gasteiger partial charge on any atom is -0.390 e. The molecule has 0 amide bonds. The molecule has 0 aliphatic rings. The molecule has 2 N–H and O–H groups in total. The van der Waals surface area contributed by atoms with E-state index in [0.29, 0.717) is 0 Å². The minimum absolute atomic E-state index is 0.00208. The van der Waals surface area contributed by atoms with Gasteiger partial charge in [-0.2, -0.15) is 0 Å². The SMILES string of the molecule is Cc1[nH]c2ccccc2c1-c1nc(CO)cs1.